The largest absolute Gasteiger partial charge is 0.367 e. The third kappa shape index (κ3) is 1.58. The number of halogens is 3. The van der Waals surface area contributed by atoms with E-state index in [4.69, 9.17) is 0 Å². The fraction of sp³-hybridized carbons (Fsp3) is 0.750. The predicted molar refractivity (Wildman–Crippen MR) is 24.7 cm³/mol. The van der Waals surface area contributed by atoms with Gasteiger partial charge in [0.05, 0.1) is 0 Å². The topological polar surface area (TPSA) is 43.1 Å². The van der Waals surface area contributed by atoms with Crippen molar-refractivity contribution in [2.75, 3.05) is 0 Å². The molecular formula is C4H6F3NO. The van der Waals surface area contributed by atoms with Gasteiger partial charge in [0, 0.05) is 0 Å². The zero-order valence-corrected chi connectivity index (χ0v) is 4.70. The summed E-state index contributed by atoms with van der Waals surface area (Å²) in [6.07, 6.45) is -3.35. The van der Waals surface area contributed by atoms with Gasteiger partial charge in [0.2, 0.25) is 5.67 Å². The van der Waals surface area contributed by atoms with Crippen LogP contribution in [0.5, 0.6) is 0 Å². The first-order chi connectivity index (χ1) is 3.89. The second kappa shape index (κ2) is 2.24. The molecule has 0 radical (unpaired) electrons. The van der Waals surface area contributed by atoms with Gasteiger partial charge in [0.15, 0.2) is 0 Å². The Hall–Kier alpha value is -0.740. The van der Waals surface area contributed by atoms with Gasteiger partial charge in [-0.2, -0.15) is 0 Å². The number of hydrogen-bond acceptors (Lipinski definition) is 1. The average Bonchev–Trinajstić information content (AvgIpc) is 1.65. The van der Waals surface area contributed by atoms with E-state index in [0.29, 0.717) is 6.92 Å². The lowest BCUT2D eigenvalue weighted by atomic mass is 10.1. The van der Waals surface area contributed by atoms with Crippen LogP contribution in [0.3, 0.4) is 0 Å². The molecule has 0 bridgehead atoms. The highest BCUT2D eigenvalue weighted by Gasteiger charge is 2.41. The summed E-state index contributed by atoms with van der Waals surface area (Å²) in [5, 5.41) is 0. The summed E-state index contributed by atoms with van der Waals surface area (Å²) >= 11 is 0. The molecule has 1 amide bonds. The van der Waals surface area contributed by atoms with Gasteiger partial charge in [-0.1, -0.05) is 0 Å². The second-order valence-electron chi connectivity index (χ2n) is 1.74. The molecule has 0 saturated heterocycles. The molecule has 2 N–H and O–H groups in total. The Morgan fingerprint density at radius 1 is 1.67 bits per heavy atom. The first-order valence-corrected chi connectivity index (χ1v) is 2.16. The zero-order chi connectivity index (χ0) is 7.65. The van der Waals surface area contributed by atoms with E-state index in [1.54, 1.807) is 0 Å². The summed E-state index contributed by atoms with van der Waals surface area (Å²) in [4.78, 5) is 9.83. The predicted octanol–water partition coefficient (Wildman–Crippen LogP) is 0.465. The number of nitrogens with two attached hydrogens (primary N) is 1. The molecule has 0 aromatic carbocycles. The summed E-state index contributed by atoms with van der Waals surface area (Å²) in [5.74, 6) is -1.64. The number of hydrogen-bond donors (Lipinski definition) is 1. The molecule has 0 spiro atoms. The Kier molecular flexibility index (Phi) is 2.06. The van der Waals surface area contributed by atoms with Gasteiger partial charge in [-0.05, 0) is 6.92 Å². The maximum Gasteiger partial charge on any atom is 0.280 e. The molecule has 54 valence electrons. The van der Waals surface area contributed by atoms with Crippen LogP contribution in [0, 0.1) is 0 Å². The minimum absolute atomic E-state index is 0.444. The van der Waals surface area contributed by atoms with Gasteiger partial charge in [-0.25, -0.2) is 13.2 Å². The van der Waals surface area contributed by atoms with Crippen molar-refractivity contribution in [2.45, 2.75) is 19.0 Å². The Morgan fingerprint density at radius 3 is 2.00 bits per heavy atom. The van der Waals surface area contributed by atoms with E-state index in [9.17, 15) is 18.0 Å². The highest BCUT2D eigenvalue weighted by molar-refractivity contribution is 5.83. The van der Waals surface area contributed by atoms with Crippen LogP contribution in [-0.4, -0.2) is 18.0 Å². The SMILES string of the molecule is CC(F)(C(N)=O)C(F)F. The van der Waals surface area contributed by atoms with Crippen LogP contribution in [0.2, 0.25) is 0 Å². The number of carbonyl (C=O) groups excluding carboxylic acids is 1. The Morgan fingerprint density at radius 2 is 2.00 bits per heavy atom. The molecule has 0 aliphatic rings. The third-order valence-electron chi connectivity index (χ3n) is 0.892. The van der Waals surface area contributed by atoms with Crippen LogP contribution in [0.1, 0.15) is 6.92 Å². The first kappa shape index (κ1) is 8.26. The van der Waals surface area contributed by atoms with Crippen LogP contribution in [0.4, 0.5) is 13.2 Å². The van der Waals surface area contributed by atoms with Crippen molar-refractivity contribution in [1.82, 2.24) is 0 Å². The molecule has 0 rings (SSSR count). The molecule has 5 heteroatoms. The molecule has 9 heavy (non-hydrogen) atoms. The van der Waals surface area contributed by atoms with Crippen molar-refractivity contribution in [1.29, 1.82) is 0 Å². The lowest BCUT2D eigenvalue weighted by Crippen LogP contribution is -2.42. The first-order valence-electron chi connectivity index (χ1n) is 2.16. The van der Waals surface area contributed by atoms with E-state index >= 15 is 0 Å². The molecule has 0 aliphatic heterocycles. The highest BCUT2D eigenvalue weighted by atomic mass is 19.3. The molecule has 2 nitrogen and oxygen atoms in total. The minimum atomic E-state index is -3.35. The molecular weight excluding hydrogens is 135 g/mol. The third-order valence-corrected chi connectivity index (χ3v) is 0.892. The van der Waals surface area contributed by atoms with Gasteiger partial charge in [0.25, 0.3) is 12.3 Å². The highest BCUT2D eigenvalue weighted by Crippen LogP contribution is 2.18. The van der Waals surface area contributed by atoms with Gasteiger partial charge in [-0.15, -0.1) is 0 Å². The van der Waals surface area contributed by atoms with Crippen LogP contribution >= 0.6 is 0 Å². The molecule has 1 unspecified atom stereocenters. The van der Waals surface area contributed by atoms with E-state index in [2.05, 4.69) is 5.73 Å². The smallest absolute Gasteiger partial charge is 0.280 e. The van der Waals surface area contributed by atoms with Gasteiger partial charge in [0.1, 0.15) is 0 Å². The van der Waals surface area contributed by atoms with Gasteiger partial charge in [-0.3, -0.25) is 4.79 Å². The van der Waals surface area contributed by atoms with Crippen LogP contribution in [0.15, 0.2) is 0 Å². The summed E-state index contributed by atoms with van der Waals surface area (Å²) in [6.45, 7) is 0.444. The van der Waals surface area contributed by atoms with E-state index in [1.807, 2.05) is 0 Å². The monoisotopic (exact) mass is 141 g/mol. The summed E-state index contributed by atoms with van der Waals surface area (Å²) in [7, 11) is 0. The van der Waals surface area contributed by atoms with Crippen LogP contribution in [-0.2, 0) is 4.79 Å². The van der Waals surface area contributed by atoms with Gasteiger partial charge < -0.3 is 5.73 Å². The Labute approximate surface area is 49.8 Å². The van der Waals surface area contributed by atoms with E-state index in [0.717, 1.165) is 0 Å². The Bertz CT molecular complexity index is 123. The molecule has 0 aliphatic carbocycles. The van der Waals surface area contributed by atoms with Gasteiger partial charge >= 0.3 is 0 Å². The van der Waals surface area contributed by atoms with Crippen molar-refractivity contribution < 1.29 is 18.0 Å². The van der Waals surface area contributed by atoms with Crippen LogP contribution in [0.25, 0.3) is 0 Å². The van der Waals surface area contributed by atoms with E-state index in [1.165, 1.54) is 0 Å². The van der Waals surface area contributed by atoms with Crippen molar-refractivity contribution in [3.8, 4) is 0 Å². The lowest BCUT2D eigenvalue weighted by molar-refractivity contribution is -0.138. The molecule has 0 saturated carbocycles. The molecule has 1 atom stereocenters. The fourth-order valence-electron chi connectivity index (χ4n) is 0.108. The number of rotatable bonds is 2. The van der Waals surface area contributed by atoms with Crippen molar-refractivity contribution in [3.05, 3.63) is 0 Å². The number of carbonyl (C=O) groups is 1. The lowest BCUT2D eigenvalue weighted by Gasteiger charge is -2.13. The van der Waals surface area contributed by atoms with Crippen molar-refractivity contribution in [2.24, 2.45) is 5.73 Å². The van der Waals surface area contributed by atoms with Crippen molar-refractivity contribution >= 4 is 5.91 Å². The second-order valence-corrected chi connectivity index (χ2v) is 1.74. The molecule has 0 fully saturated rings. The zero-order valence-electron chi connectivity index (χ0n) is 4.70. The quantitative estimate of drug-likeness (QED) is 0.596. The van der Waals surface area contributed by atoms with E-state index < -0.39 is 18.0 Å². The normalized spacial score (nSPS) is 17.4. The van der Waals surface area contributed by atoms with E-state index in [-0.39, 0.29) is 0 Å². The maximum absolute atomic E-state index is 12.1. The Balaban J connectivity index is 4.19. The maximum atomic E-state index is 12.1. The number of alkyl halides is 3. The summed E-state index contributed by atoms with van der Waals surface area (Å²) < 4.78 is 34.9. The fourth-order valence-corrected chi connectivity index (χ4v) is 0.108. The molecule has 0 heterocycles. The summed E-state index contributed by atoms with van der Waals surface area (Å²) in [6, 6.07) is 0. The summed E-state index contributed by atoms with van der Waals surface area (Å²) in [5.41, 5.74) is 1.08. The van der Waals surface area contributed by atoms with Crippen molar-refractivity contribution in [3.63, 3.8) is 0 Å². The number of amides is 1. The standard InChI is InChI=1S/C4H6F3NO/c1-4(7,2(5)6)3(8)9/h2H,1H3,(H2,8,9). The molecule has 0 aromatic heterocycles. The average molecular weight is 141 g/mol. The minimum Gasteiger partial charge on any atom is -0.367 e. The molecule has 0 aromatic rings. The van der Waals surface area contributed by atoms with Crippen LogP contribution < -0.4 is 5.73 Å². The number of primary amides is 1.